The highest BCUT2D eigenvalue weighted by Gasteiger charge is 2.18. The van der Waals surface area contributed by atoms with Crippen LogP contribution >= 0.6 is 0 Å². The van der Waals surface area contributed by atoms with Gasteiger partial charge in [-0.2, -0.15) is 0 Å². The van der Waals surface area contributed by atoms with Crippen LogP contribution in [0.2, 0.25) is 0 Å². The topological polar surface area (TPSA) is 58.2 Å². The summed E-state index contributed by atoms with van der Waals surface area (Å²) in [7, 11) is -3.41. The van der Waals surface area contributed by atoms with Gasteiger partial charge in [-0.15, -0.1) is 0 Å². The summed E-state index contributed by atoms with van der Waals surface area (Å²) < 4.78 is 27.0. The van der Waals surface area contributed by atoms with Crippen LogP contribution in [0.25, 0.3) is 0 Å². The minimum absolute atomic E-state index is 0.0774. The zero-order valence-electron chi connectivity index (χ0n) is 12.1. The van der Waals surface area contributed by atoms with Crippen molar-refractivity contribution >= 4 is 10.0 Å². The van der Waals surface area contributed by atoms with Crippen LogP contribution in [0, 0.1) is 5.92 Å². The Morgan fingerprint density at radius 2 is 1.68 bits per heavy atom. The van der Waals surface area contributed by atoms with Gasteiger partial charge in [0.25, 0.3) is 0 Å². The Kier molecular flexibility index (Phi) is 5.97. The van der Waals surface area contributed by atoms with E-state index in [4.69, 9.17) is 0 Å². The summed E-state index contributed by atoms with van der Waals surface area (Å²) in [5.74, 6) is 0.266. The molecule has 19 heavy (non-hydrogen) atoms. The first kappa shape index (κ1) is 16.1. The summed E-state index contributed by atoms with van der Waals surface area (Å²) in [6, 6.07) is 6.92. The van der Waals surface area contributed by atoms with Crippen LogP contribution in [-0.2, 0) is 16.6 Å². The van der Waals surface area contributed by atoms with E-state index in [2.05, 4.69) is 10.0 Å². The maximum Gasteiger partial charge on any atom is 0.240 e. The molecule has 2 N–H and O–H groups in total. The molecule has 0 spiro atoms. The molecule has 0 saturated carbocycles. The van der Waals surface area contributed by atoms with E-state index < -0.39 is 10.0 Å². The van der Waals surface area contributed by atoms with E-state index in [0.29, 0.717) is 4.90 Å². The van der Waals surface area contributed by atoms with Crippen LogP contribution in [0.5, 0.6) is 0 Å². The SMILES string of the molecule is CCNCc1ccc(S(=O)(=O)NC(C)C(C)C)cc1. The molecule has 0 bridgehead atoms. The van der Waals surface area contributed by atoms with E-state index in [-0.39, 0.29) is 12.0 Å². The van der Waals surface area contributed by atoms with E-state index >= 15 is 0 Å². The van der Waals surface area contributed by atoms with Crippen molar-refractivity contribution in [3.8, 4) is 0 Å². The standard InChI is InChI=1S/C14H24N2O2S/c1-5-15-10-13-6-8-14(9-7-13)19(17,18)16-12(4)11(2)3/h6-9,11-12,15-16H,5,10H2,1-4H3. The van der Waals surface area contributed by atoms with E-state index in [1.165, 1.54) is 0 Å². The fourth-order valence-electron chi connectivity index (χ4n) is 1.50. The summed E-state index contributed by atoms with van der Waals surface area (Å²) in [5, 5.41) is 3.20. The lowest BCUT2D eigenvalue weighted by molar-refractivity contribution is 0.476. The first-order chi connectivity index (χ1) is 8.86. The molecule has 0 aromatic heterocycles. The van der Waals surface area contributed by atoms with E-state index in [1.54, 1.807) is 12.1 Å². The monoisotopic (exact) mass is 284 g/mol. The number of nitrogens with one attached hydrogen (secondary N) is 2. The summed E-state index contributed by atoms with van der Waals surface area (Å²) in [4.78, 5) is 0.320. The molecule has 0 heterocycles. The molecule has 0 aliphatic carbocycles. The van der Waals surface area contributed by atoms with Gasteiger partial charge in [0, 0.05) is 12.6 Å². The van der Waals surface area contributed by atoms with Gasteiger partial charge in [-0.1, -0.05) is 32.9 Å². The molecule has 0 saturated heterocycles. The number of hydrogen-bond acceptors (Lipinski definition) is 3. The van der Waals surface area contributed by atoms with Gasteiger partial charge >= 0.3 is 0 Å². The van der Waals surface area contributed by atoms with Crippen molar-refractivity contribution in [3.05, 3.63) is 29.8 Å². The molecule has 1 unspecified atom stereocenters. The van der Waals surface area contributed by atoms with Gasteiger partial charge in [-0.3, -0.25) is 0 Å². The van der Waals surface area contributed by atoms with Crippen molar-refractivity contribution in [1.29, 1.82) is 0 Å². The number of rotatable bonds is 7. The molecular formula is C14H24N2O2S. The Hall–Kier alpha value is -0.910. The predicted molar refractivity (Wildman–Crippen MR) is 78.4 cm³/mol. The lowest BCUT2D eigenvalue weighted by atomic mass is 10.1. The number of hydrogen-bond donors (Lipinski definition) is 2. The Morgan fingerprint density at radius 1 is 1.11 bits per heavy atom. The lowest BCUT2D eigenvalue weighted by Gasteiger charge is -2.17. The predicted octanol–water partition coefficient (Wildman–Crippen LogP) is 2.12. The molecule has 108 valence electrons. The van der Waals surface area contributed by atoms with Crippen LogP contribution in [0.1, 0.15) is 33.3 Å². The van der Waals surface area contributed by atoms with Crippen molar-refractivity contribution in [1.82, 2.24) is 10.0 Å². The summed E-state index contributed by atoms with van der Waals surface area (Å²) in [5.41, 5.74) is 1.08. The summed E-state index contributed by atoms with van der Waals surface area (Å²) >= 11 is 0. The Bertz CT molecular complexity index is 481. The fourth-order valence-corrected chi connectivity index (χ4v) is 2.90. The average molecular weight is 284 g/mol. The van der Waals surface area contributed by atoms with E-state index in [0.717, 1.165) is 18.7 Å². The minimum atomic E-state index is -3.41. The van der Waals surface area contributed by atoms with Crippen molar-refractivity contribution in [2.75, 3.05) is 6.54 Å². The minimum Gasteiger partial charge on any atom is -0.313 e. The molecule has 1 aromatic rings. The summed E-state index contributed by atoms with van der Waals surface area (Å²) in [6.45, 7) is 9.55. The molecule has 5 heteroatoms. The number of sulfonamides is 1. The van der Waals surface area contributed by atoms with Crippen LogP contribution in [0.15, 0.2) is 29.2 Å². The molecule has 0 aliphatic heterocycles. The third kappa shape index (κ3) is 4.93. The third-order valence-electron chi connectivity index (χ3n) is 3.15. The highest BCUT2D eigenvalue weighted by molar-refractivity contribution is 7.89. The van der Waals surface area contributed by atoms with Crippen LogP contribution in [0.4, 0.5) is 0 Å². The van der Waals surface area contributed by atoms with Gasteiger partial charge in [0.15, 0.2) is 0 Å². The molecule has 1 rings (SSSR count). The van der Waals surface area contributed by atoms with Gasteiger partial charge in [-0.05, 0) is 37.1 Å². The van der Waals surface area contributed by atoms with Crippen molar-refractivity contribution in [3.63, 3.8) is 0 Å². The van der Waals surface area contributed by atoms with Crippen LogP contribution in [-0.4, -0.2) is 21.0 Å². The van der Waals surface area contributed by atoms with E-state index in [9.17, 15) is 8.42 Å². The van der Waals surface area contributed by atoms with E-state index in [1.807, 2.05) is 39.8 Å². The second-order valence-corrected chi connectivity index (χ2v) is 6.79. The van der Waals surface area contributed by atoms with Gasteiger partial charge in [0.1, 0.15) is 0 Å². The molecule has 0 radical (unpaired) electrons. The maximum atomic E-state index is 12.1. The van der Waals surface area contributed by atoms with Gasteiger partial charge in [0.05, 0.1) is 4.90 Å². The number of benzene rings is 1. The summed E-state index contributed by atoms with van der Waals surface area (Å²) in [6.07, 6.45) is 0. The molecule has 1 aromatic carbocycles. The average Bonchev–Trinajstić information content (AvgIpc) is 2.36. The lowest BCUT2D eigenvalue weighted by Crippen LogP contribution is -2.36. The van der Waals surface area contributed by atoms with Crippen LogP contribution in [0.3, 0.4) is 0 Å². The molecule has 0 fully saturated rings. The van der Waals surface area contributed by atoms with Crippen molar-refractivity contribution in [2.45, 2.75) is 45.2 Å². The molecule has 0 amide bonds. The molecule has 1 atom stereocenters. The normalized spacial score (nSPS) is 13.7. The Labute approximate surface area is 116 Å². The smallest absolute Gasteiger partial charge is 0.240 e. The fraction of sp³-hybridized carbons (Fsp3) is 0.571. The van der Waals surface area contributed by atoms with Crippen molar-refractivity contribution < 1.29 is 8.42 Å². The molecular weight excluding hydrogens is 260 g/mol. The first-order valence-corrected chi connectivity index (χ1v) is 8.17. The Balaban J connectivity index is 2.79. The molecule has 0 aliphatic rings. The highest BCUT2D eigenvalue weighted by Crippen LogP contribution is 2.12. The second kappa shape index (κ2) is 7.03. The van der Waals surface area contributed by atoms with Gasteiger partial charge in [0.2, 0.25) is 10.0 Å². The van der Waals surface area contributed by atoms with Crippen molar-refractivity contribution in [2.24, 2.45) is 5.92 Å². The highest BCUT2D eigenvalue weighted by atomic mass is 32.2. The van der Waals surface area contributed by atoms with Gasteiger partial charge < -0.3 is 5.32 Å². The second-order valence-electron chi connectivity index (χ2n) is 5.08. The first-order valence-electron chi connectivity index (χ1n) is 6.68. The zero-order chi connectivity index (χ0) is 14.5. The molecule has 4 nitrogen and oxygen atoms in total. The quantitative estimate of drug-likeness (QED) is 0.806. The largest absolute Gasteiger partial charge is 0.313 e. The van der Waals surface area contributed by atoms with Crippen LogP contribution < -0.4 is 10.0 Å². The third-order valence-corrected chi connectivity index (χ3v) is 4.73. The Morgan fingerprint density at radius 3 is 2.16 bits per heavy atom. The maximum absolute atomic E-state index is 12.1. The zero-order valence-corrected chi connectivity index (χ0v) is 12.9. The van der Waals surface area contributed by atoms with Gasteiger partial charge in [-0.25, -0.2) is 13.1 Å².